The Morgan fingerprint density at radius 1 is 0.470 bits per heavy atom. The maximum absolute atomic E-state index is 19.2. The van der Waals surface area contributed by atoms with E-state index in [0.717, 1.165) is 16.7 Å². The van der Waals surface area contributed by atoms with Crippen LogP contribution in [0.1, 0.15) is 59.2 Å². The van der Waals surface area contributed by atoms with Gasteiger partial charge in [0.15, 0.2) is 0 Å². The molecule has 0 radical (unpaired) electrons. The van der Waals surface area contributed by atoms with E-state index in [1.165, 1.54) is 13.8 Å². The summed E-state index contributed by atoms with van der Waals surface area (Å²) in [6.45, 7) is 1.22. The van der Waals surface area contributed by atoms with Gasteiger partial charge in [-0.05, 0) is 52.8 Å². The summed E-state index contributed by atoms with van der Waals surface area (Å²) in [4.78, 5) is 55.3. The van der Waals surface area contributed by atoms with Crippen LogP contribution in [-0.2, 0) is 98.5 Å². The van der Waals surface area contributed by atoms with Gasteiger partial charge >= 0.3 is 18.0 Å². The second-order valence-corrected chi connectivity index (χ2v) is 20.1. The van der Waals surface area contributed by atoms with Gasteiger partial charge in [-0.25, -0.2) is 18.4 Å². The molecule has 83 heavy (non-hydrogen) atoms. The number of halogens is 2. The Kier molecular flexibility index (Phi) is 22.6. The SMILES string of the molecule is C[C@H](NC(=O)C(CC(F)(F)[C@]1(OCc2ccccc2)O[C@H](COCc2ccccc2)[C@H](OCc2ccccc2)[C@H](OCc2ccccc2)[C@H]1OCc1ccccc1)NC(=O)OCc1ccccc1)C(=O)N[C@@H](C)C(=O)OCc1ccccc1. The minimum Gasteiger partial charge on any atom is -0.459 e. The quantitative estimate of drug-likeness (QED) is 0.0379. The van der Waals surface area contributed by atoms with Crippen molar-refractivity contribution >= 4 is 23.9 Å². The monoisotopic (exact) mass is 1130 g/mol. The van der Waals surface area contributed by atoms with Crippen molar-refractivity contribution < 1.29 is 65.9 Å². The molecule has 8 rings (SSSR count). The van der Waals surface area contributed by atoms with Crippen molar-refractivity contribution in [1.29, 1.82) is 0 Å². The minimum atomic E-state index is -4.36. The number of alkyl halides is 2. The van der Waals surface area contributed by atoms with Crippen LogP contribution in [0.15, 0.2) is 212 Å². The van der Waals surface area contributed by atoms with E-state index in [-0.39, 0.29) is 46.2 Å². The van der Waals surface area contributed by atoms with Crippen molar-refractivity contribution in [3.63, 3.8) is 0 Å². The number of alkyl carbamates (subject to hydrolysis) is 1. The molecule has 434 valence electrons. The zero-order valence-corrected chi connectivity index (χ0v) is 46.3. The van der Waals surface area contributed by atoms with Gasteiger partial charge in [0.2, 0.25) is 11.8 Å². The van der Waals surface area contributed by atoms with Crippen LogP contribution < -0.4 is 16.0 Å². The first-order chi connectivity index (χ1) is 40.4. The third-order valence-electron chi connectivity index (χ3n) is 13.7. The predicted molar refractivity (Wildman–Crippen MR) is 305 cm³/mol. The van der Waals surface area contributed by atoms with Gasteiger partial charge in [-0.3, -0.25) is 9.59 Å². The van der Waals surface area contributed by atoms with Gasteiger partial charge in [0, 0.05) is 6.42 Å². The largest absolute Gasteiger partial charge is 0.459 e. The molecule has 1 aliphatic rings. The van der Waals surface area contributed by atoms with Crippen LogP contribution in [0.25, 0.3) is 0 Å². The van der Waals surface area contributed by atoms with Gasteiger partial charge < -0.3 is 53.8 Å². The van der Waals surface area contributed by atoms with E-state index in [0.29, 0.717) is 22.3 Å². The van der Waals surface area contributed by atoms with Crippen LogP contribution in [0, 0.1) is 0 Å². The molecule has 1 fully saturated rings. The molecule has 1 unspecified atom stereocenters. The Labute approximate surface area is 482 Å². The predicted octanol–water partition coefficient (Wildman–Crippen LogP) is 10.3. The summed E-state index contributed by atoms with van der Waals surface area (Å²) >= 11 is 0. The number of carbonyl (C=O) groups is 4. The highest BCUT2D eigenvalue weighted by atomic mass is 19.3. The molecule has 3 amide bonds. The highest BCUT2D eigenvalue weighted by Gasteiger charge is 2.70. The molecule has 0 saturated carbocycles. The summed E-state index contributed by atoms with van der Waals surface area (Å²) in [6.07, 6.45) is -8.69. The number of hydrogen-bond acceptors (Lipinski definition) is 12. The average molecular weight is 1130 g/mol. The summed E-state index contributed by atoms with van der Waals surface area (Å²) in [5.74, 6) is -10.4. The van der Waals surface area contributed by atoms with Crippen molar-refractivity contribution in [3.8, 4) is 0 Å². The fraction of sp³-hybridized carbons (Fsp3) is 0.303. The lowest BCUT2D eigenvalue weighted by Gasteiger charge is -2.54. The maximum Gasteiger partial charge on any atom is 0.408 e. The molecule has 17 heteroatoms. The zero-order valence-electron chi connectivity index (χ0n) is 46.3. The summed E-state index contributed by atoms with van der Waals surface area (Å²) < 4.78 is 89.7. The molecule has 0 bridgehead atoms. The molecule has 1 heterocycles. The topological polar surface area (TPSA) is 178 Å². The molecule has 15 nitrogen and oxygen atoms in total. The fourth-order valence-electron chi connectivity index (χ4n) is 9.26. The number of benzene rings is 7. The second kappa shape index (κ2) is 30.8. The Bertz CT molecular complexity index is 3070. The first kappa shape index (κ1) is 60.9. The van der Waals surface area contributed by atoms with E-state index < -0.39 is 91.2 Å². The lowest BCUT2D eigenvalue weighted by Crippen LogP contribution is -2.74. The van der Waals surface area contributed by atoms with Crippen LogP contribution >= 0.6 is 0 Å². The lowest BCUT2D eigenvalue weighted by molar-refractivity contribution is -0.440. The molecule has 8 atom stereocenters. The van der Waals surface area contributed by atoms with Gasteiger partial charge in [-0.1, -0.05) is 212 Å². The number of esters is 1. The number of hydrogen-bond donors (Lipinski definition) is 3. The number of nitrogens with one attached hydrogen (secondary N) is 3. The van der Waals surface area contributed by atoms with Crippen LogP contribution in [-0.4, -0.2) is 84.7 Å². The second-order valence-electron chi connectivity index (χ2n) is 20.1. The highest BCUT2D eigenvalue weighted by Crippen LogP contribution is 2.49. The van der Waals surface area contributed by atoms with E-state index >= 15 is 8.78 Å². The Morgan fingerprint density at radius 2 is 0.855 bits per heavy atom. The average Bonchev–Trinajstić information content (AvgIpc) is 2.57. The Morgan fingerprint density at radius 3 is 1.33 bits per heavy atom. The lowest BCUT2D eigenvalue weighted by atomic mass is 9.85. The van der Waals surface area contributed by atoms with Crippen molar-refractivity contribution in [2.24, 2.45) is 0 Å². The van der Waals surface area contributed by atoms with Gasteiger partial charge in [0.25, 0.3) is 5.79 Å². The molecule has 7 aromatic carbocycles. The van der Waals surface area contributed by atoms with E-state index in [4.69, 9.17) is 37.9 Å². The van der Waals surface area contributed by atoms with Crippen molar-refractivity contribution in [3.05, 3.63) is 251 Å². The summed E-state index contributed by atoms with van der Waals surface area (Å²) in [6, 6.07) is 58.0. The summed E-state index contributed by atoms with van der Waals surface area (Å²) in [5.41, 5.74) is 4.64. The molecular formula is C66H69F2N3O12. The molecule has 1 saturated heterocycles. The number of amides is 3. The van der Waals surface area contributed by atoms with Crippen LogP contribution in [0.5, 0.6) is 0 Å². The van der Waals surface area contributed by atoms with Crippen LogP contribution in [0.3, 0.4) is 0 Å². The van der Waals surface area contributed by atoms with Crippen LogP contribution in [0.4, 0.5) is 13.6 Å². The van der Waals surface area contributed by atoms with Crippen molar-refractivity contribution in [1.82, 2.24) is 16.0 Å². The van der Waals surface area contributed by atoms with Crippen molar-refractivity contribution in [2.45, 2.75) is 121 Å². The molecule has 0 aromatic heterocycles. The normalized spacial score (nSPS) is 18.8. The van der Waals surface area contributed by atoms with Gasteiger partial charge in [0.1, 0.15) is 55.8 Å². The van der Waals surface area contributed by atoms with Crippen molar-refractivity contribution in [2.75, 3.05) is 6.61 Å². The first-order valence-corrected chi connectivity index (χ1v) is 27.5. The molecule has 0 spiro atoms. The Hall–Kier alpha value is -8.16. The highest BCUT2D eigenvalue weighted by molar-refractivity contribution is 5.92. The fourth-order valence-corrected chi connectivity index (χ4v) is 9.26. The molecular weight excluding hydrogens is 1060 g/mol. The molecule has 0 aliphatic carbocycles. The zero-order chi connectivity index (χ0) is 58.3. The number of ether oxygens (including phenoxy) is 8. The Balaban J connectivity index is 1.19. The minimum absolute atomic E-state index is 0.00834. The first-order valence-electron chi connectivity index (χ1n) is 27.5. The van der Waals surface area contributed by atoms with Gasteiger partial charge in [-0.2, -0.15) is 0 Å². The summed E-state index contributed by atoms with van der Waals surface area (Å²) in [7, 11) is 0. The molecule has 1 aliphatic heterocycles. The van der Waals surface area contributed by atoms with E-state index in [9.17, 15) is 19.2 Å². The standard InChI is InChI=1S/C66H69F2N3O12/c1-47(61(72)70-48(2)63(74)80-43-53-32-18-7-19-33-53)69-62(73)56(71-64(75)81-44-54-34-20-8-21-35-54)38-65(67,68)66(82-45-55-36-22-9-23-37-55)60(79-42-52-30-16-6-17-31-52)59(78-41-51-28-14-5-15-29-51)58(77-40-50-26-12-4-13-27-50)57(83-66)46-76-39-49-24-10-3-11-25-49/h3-37,47-48,56-60H,38-46H2,1-2H3,(H,69,73)(H,70,72)(H,71,75)/t47-,48-,56?,57+,58-,59-,60+,66+/m0/s1. The van der Waals surface area contributed by atoms with Gasteiger partial charge in [0.05, 0.1) is 39.6 Å². The smallest absolute Gasteiger partial charge is 0.408 e. The summed E-state index contributed by atoms with van der Waals surface area (Å²) in [5, 5.41) is 7.34. The molecule has 7 aromatic rings. The van der Waals surface area contributed by atoms with E-state index in [1.54, 1.807) is 109 Å². The number of rotatable bonds is 29. The van der Waals surface area contributed by atoms with Gasteiger partial charge in [-0.15, -0.1) is 0 Å². The molecule has 3 N–H and O–H groups in total. The van der Waals surface area contributed by atoms with Crippen LogP contribution in [0.2, 0.25) is 0 Å². The third kappa shape index (κ3) is 17.9. The van der Waals surface area contributed by atoms with E-state index in [2.05, 4.69) is 16.0 Å². The third-order valence-corrected chi connectivity index (χ3v) is 13.7. The number of carbonyl (C=O) groups excluding carboxylic acids is 4. The maximum atomic E-state index is 19.2. The van der Waals surface area contributed by atoms with E-state index in [1.807, 2.05) is 103 Å².